The molecule has 0 bridgehead atoms. The fraction of sp³-hybridized carbons (Fsp3) is 0.462. The highest BCUT2D eigenvalue weighted by atomic mass is 16.7. The lowest BCUT2D eigenvalue weighted by atomic mass is 9.99. The molecule has 0 amide bonds. The van der Waals surface area contributed by atoms with Crippen LogP contribution in [0.25, 0.3) is 0 Å². The molecule has 1 heterocycles. The summed E-state index contributed by atoms with van der Waals surface area (Å²) in [6.45, 7) is -0.519. The van der Waals surface area contributed by atoms with E-state index in [4.69, 9.17) is 14.6 Å². The van der Waals surface area contributed by atoms with E-state index in [1.807, 2.05) is 0 Å². The van der Waals surface area contributed by atoms with Crippen molar-refractivity contribution in [1.29, 1.82) is 0 Å². The van der Waals surface area contributed by atoms with Crippen LogP contribution < -0.4 is 4.74 Å². The maximum absolute atomic E-state index is 10.5. The smallest absolute Gasteiger partial charge is 0.229 e. The quantitative estimate of drug-likeness (QED) is 0.507. The Morgan fingerprint density at radius 2 is 1.75 bits per heavy atom. The Balaban J connectivity index is 2.08. The van der Waals surface area contributed by atoms with Gasteiger partial charge in [0, 0.05) is 5.56 Å². The largest absolute Gasteiger partial charge is 0.462 e. The highest BCUT2D eigenvalue weighted by Gasteiger charge is 2.44. The third-order valence-electron chi connectivity index (χ3n) is 3.12. The highest BCUT2D eigenvalue weighted by molar-refractivity contribution is 5.74. The van der Waals surface area contributed by atoms with Gasteiger partial charge in [-0.2, -0.15) is 0 Å². The van der Waals surface area contributed by atoms with Crippen molar-refractivity contribution in [2.75, 3.05) is 6.61 Å². The number of rotatable bonds is 4. The van der Waals surface area contributed by atoms with E-state index >= 15 is 0 Å². The van der Waals surface area contributed by atoms with Gasteiger partial charge < -0.3 is 29.9 Å². The van der Waals surface area contributed by atoms with Crippen LogP contribution in [0.4, 0.5) is 0 Å². The van der Waals surface area contributed by atoms with Crippen molar-refractivity contribution >= 4 is 6.29 Å². The summed E-state index contributed by atoms with van der Waals surface area (Å²) in [5.41, 5.74) is 0.464. The first kappa shape index (κ1) is 14.9. The van der Waals surface area contributed by atoms with Crippen LogP contribution in [0.2, 0.25) is 0 Å². The van der Waals surface area contributed by atoms with Crippen LogP contribution in [0.15, 0.2) is 24.3 Å². The second-order valence-electron chi connectivity index (χ2n) is 4.50. The molecule has 1 aromatic rings. The lowest BCUT2D eigenvalue weighted by molar-refractivity contribution is -0.277. The standard InChI is InChI=1S/C13H16O7/c14-5-7-1-3-8(4-2-7)19-13-12(18)11(17)10(16)9(6-15)20-13/h1-5,9-13,15-18H,6H2/t9-,10-,11+,12-,13?/m1/s1. The van der Waals surface area contributed by atoms with Crippen LogP contribution in [0.1, 0.15) is 10.4 Å². The van der Waals surface area contributed by atoms with Gasteiger partial charge in [0.1, 0.15) is 36.5 Å². The number of hydrogen-bond donors (Lipinski definition) is 4. The Morgan fingerprint density at radius 1 is 1.10 bits per heavy atom. The van der Waals surface area contributed by atoms with E-state index in [1.54, 1.807) is 0 Å². The maximum atomic E-state index is 10.5. The first-order valence-electron chi connectivity index (χ1n) is 6.09. The van der Waals surface area contributed by atoms with Gasteiger partial charge in [-0.25, -0.2) is 0 Å². The Morgan fingerprint density at radius 3 is 2.30 bits per heavy atom. The van der Waals surface area contributed by atoms with Crippen molar-refractivity contribution < 1.29 is 34.7 Å². The van der Waals surface area contributed by atoms with Crippen molar-refractivity contribution in [2.24, 2.45) is 0 Å². The molecule has 0 spiro atoms. The number of carbonyl (C=O) groups excluding carboxylic acids is 1. The average Bonchev–Trinajstić information content (AvgIpc) is 2.48. The zero-order chi connectivity index (χ0) is 14.7. The number of aliphatic hydroxyl groups is 4. The maximum Gasteiger partial charge on any atom is 0.229 e. The van der Waals surface area contributed by atoms with Crippen LogP contribution in [0.5, 0.6) is 5.75 Å². The first-order chi connectivity index (χ1) is 9.56. The van der Waals surface area contributed by atoms with Crippen molar-refractivity contribution in [2.45, 2.75) is 30.7 Å². The van der Waals surface area contributed by atoms with E-state index in [9.17, 15) is 20.1 Å². The summed E-state index contributed by atoms with van der Waals surface area (Å²) in [6.07, 6.45) is -5.94. The molecule has 4 N–H and O–H groups in total. The minimum Gasteiger partial charge on any atom is -0.462 e. The molecule has 1 aliphatic heterocycles. The molecule has 0 aromatic heterocycles. The molecule has 2 rings (SSSR count). The normalized spacial score (nSPS) is 33.7. The Kier molecular flexibility index (Phi) is 4.69. The zero-order valence-corrected chi connectivity index (χ0v) is 10.5. The van der Waals surface area contributed by atoms with Crippen LogP contribution in [-0.2, 0) is 4.74 Å². The molecule has 1 aromatic carbocycles. The summed E-state index contributed by atoms with van der Waals surface area (Å²) >= 11 is 0. The minimum absolute atomic E-state index is 0.319. The molecular formula is C13H16O7. The number of carbonyl (C=O) groups is 1. The lowest BCUT2D eigenvalue weighted by Crippen LogP contribution is -2.60. The summed E-state index contributed by atoms with van der Waals surface area (Å²) in [5.74, 6) is 0.319. The third-order valence-corrected chi connectivity index (χ3v) is 3.12. The second kappa shape index (κ2) is 6.29. The molecule has 7 heteroatoms. The molecule has 1 unspecified atom stereocenters. The molecule has 110 valence electrons. The van der Waals surface area contributed by atoms with Gasteiger partial charge in [0.15, 0.2) is 0 Å². The number of aliphatic hydroxyl groups excluding tert-OH is 4. The minimum atomic E-state index is -1.49. The summed E-state index contributed by atoms with van der Waals surface area (Å²) in [6, 6.07) is 6.05. The fourth-order valence-electron chi connectivity index (χ4n) is 1.92. The topological polar surface area (TPSA) is 116 Å². The number of hydrogen-bond acceptors (Lipinski definition) is 7. The second-order valence-corrected chi connectivity index (χ2v) is 4.50. The third kappa shape index (κ3) is 2.97. The van der Waals surface area contributed by atoms with Crippen molar-refractivity contribution in [3.63, 3.8) is 0 Å². The van der Waals surface area contributed by atoms with E-state index in [0.717, 1.165) is 0 Å². The van der Waals surface area contributed by atoms with Gasteiger partial charge in [-0.15, -0.1) is 0 Å². The molecule has 1 fully saturated rings. The number of benzene rings is 1. The van der Waals surface area contributed by atoms with Gasteiger partial charge in [-0.05, 0) is 24.3 Å². The number of aldehydes is 1. The average molecular weight is 284 g/mol. The molecule has 20 heavy (non-hydrogen) atoms. The van der Waals surface area contributed by atoms with E-state index in [1.165, 1.54) is 24.3 Å². The van der Waals surface area contributed by atoms with E-state index in [-0.39, 0.29) is 0 Å². The van der Waals surface area contributed by atoms with Crippen LogP contribution >= 0.6 is 0 Å². The fourth-order valence-corrected chi connectivity index (χ4v) is 1.92. The van der Waals surface area contributed by atoms with Gasteiger partial charge in [0.25, 0.3) is 0 Å². The number of ether oxygens (including phenoxy) is 2. The monoisotopic (exact) mass is 284 g/mol. The molecule has 1 saturated heterocycles. The predicted molar refractivity (Wildman–Crippen MR) is 66.2 cm³/mol. The van der Waals surface area contributed by atoms with E-state index in [2.05, 4.69) is 0 Å². The Bertz CT molecular complexity index is 445. The van der Waals surface area contributed by atoms with Gasteiger partial charge in [-0.3, -0.25) is 4.79 Å². The lowest BCUT2D eigenvalue weighted by Gasteiger charge is -2.39. The molecule has 7 nitrogen and oxygen atoms in total. The predicted octanol–water partition coefficient (Wildman–Crippen LogP) is -1.32. The SMILES string of the molecule is O=Cc1ccc(OC2O[C@H](CO)[C@@H](O)[C@H](O)[C@H]2O)cc1. The van der Waals surface area contributed by atoms with Gasteiger partial charge in [0.2, 0.25) is 6.29 Å². The van der Waals surface area contributed by atoms with Gasteiger partial charge in [0.05, 0.1) is 6.61 Å². The Hall–Kier alpha value is -1.51. The van der Waals surface area contributed by atoms with Crippen LogP contribution in [-0.4, -0.2) is 64.0 Å². The molecule has 5 atom stereocenters. The Labute approximate surface area is 115 Å². The first-order valence-corrected chi connectivity index (χ1v) is 6.09. The molecule has 1 aliphatic rings. The molecule has 0 saturated carbocycles. The summed E-state index contributed by atoms with van der Waals surface area (Å²) in [7, 11) is 0. The molecule has 0 aliphatic carbocycles. The molecule has 0 radical (unpaired) electrons. The zero-order valence-electron chi connectivity index (χ0n) is 10.5. The van der Waals surface area contributed by atoms with Gasteiger partial charge >= 0.3 is 0 Å². The van der Waals surface area contributed by atoms with E-state index < -0.39 is 37.3 Å². The summed E-state index contributed by atoms with van der Waals surface area (Å²) in [4.78, 5) is 10.5. The van der Waals surface area contributed by atoms with Gasteiger partial charge in [-0.1, -0.05) is 0 Å². The highest BCUT2D eigenvalue weighted by Crippen LogP contribution is 2.24. The van der Waals surface area contributed by atoms with Crippen molar-refractivity contribution in [3.05, 3.63) is 29.8 Å². The van der Waals surface area contributed by atoms with Crippen LogP contribution in [0, 0.1) is 0 Å². The summed E-state index contributed by atoms with van der Waals surface area (Å²) < 4.78 is 10.5. The van der Waals surface area contributed by atoms with E-state index in [0.29, 0.717) is 17.6 Å². The summed E-state index contributed by atoms with van der Waals surface area (Å²) in [5, 5.41) is 38.1. The van der Waals surface area contributed by atoms with Crippen molar-refractivity contribution in [1.82, 2.24) is 0 Å². The van der Waals surface area contributed by atoms with Crippen molar-refractivity contribution in [3.8, 4) is 5.75 Å². The molecular weight excluding hydrogens is 268 g/mol. The van der Waals surface area contributed by atoms with Crippen LogP contribution in [0.3, 0.4) is 0 Å².